The standard InChI is InChI=1S/C21H30N4O6S/c1-4-14(13-23-32(28,29)24-21(26)27)15-6-9-25(10-7-15)18-5-8-22-17-12-20(31-3)19(30-2)11-16(17)18/h5,8,11-12,14-15,23-24H,4,6-7,9-10,13H2,1-3H3,(H,26,27). The number of anilines is 1. The molecule has 10 nitrogen and oxygen atoms in total. The third-order valence-corrected chi connectivity index (χ3v) is 7.04. The van der Waals surface area contributed by atoms with Crippen molar-refractivity contribution in [1.29, 1.82) is 0 Å². The van der Waals surface area contributed by atoms with Crippen molar-refractivity contribution in [2.75, 3.05) is 38.8 Å². The molecule has 3 rings (SSSR count). The fraction of sp³-hybridized carbons (Fsp3) is 0.524. The normalized spacial score (nSPS) is 16.0. The van der Waals surface area contributed by atoms with Crippen LogP contribution in [0.2, 0.25) is 0 Å². The zero-order valence-electron chi connectivity index (χ0n) is 18.5. The summed E-state index contributed by atoms with van der Waals surface area (Å²) in [5, 5.41) is 9.63. The maximum absolute atomic E-state index is 11.8. The van der Waals surface area contributed by atoms with Crippen molar-refractivity contribution in [1.82, 2.24) is 14.4 Å². The first-order valence-corrected chi connectivity index (χ1v) is 12.0. The molecule has 1 aromatic heterocycles. The average Bonchev–Trinajstić information content (AvgIpc) is 2.77. The third kappa shape index (κ3) is 5.52. The molecule has 176 valence electrons. The van der Waals surface area contributed by atoms with E-state index in [0.717, 1.165) is 48.9 Å². The van der Waals surface area contributed by atoms with Gasteiger partial charge in [-0.05, 0) is 36.8 Å². The molecule has 0 bridgehead atoms. The lowest BCUT2D eigenvalue weighted by Gasteiger charge is -2.37. The second kappa shape index (κ2) is 10.2. The number of nitrogens with one attached hydrogen (secondary N) is 2. The second-order valence-electron chi connectivity index (χ2n) is 7.81. The first-order valence-electron chi connectivity index (χ1n) is 10.5. The van der Waals surface area contributed by atoms with Crippen LogP contribution >= 0.6 is 0 Å². The lowest BCUT2D eigenvalue weighted by atomic mass is 9.82. The van der Waals surface area contributed by atoms with Gasteiger partial charge in [0.15, 0.2) is 11.5 Å². The topological polar surface area (TPSA) is 130 Å². The molecule has 1 fully saturated rings. The smallest absolute Gasteiger partial charge is 0.419 e. The van der Waals surface area contributed by atoms with Crippen LogP contribution in [-0.2, 0) is 10.2 Å². The molecule has 0 aliphatic carbocycles. The number of rotatable bonds is 9. The Morgan fingerprint density at radius 2 is 1.91 bits per heavy atom. The highest BCUT2D eigenvalue weighted by molar-refractivity contribution is 7.88. The van der Waals surface area contributed by atoms with Crippen molar-refractivity contribution < 1.29 is 27.8 Å². The fourth-order valence-corrected chi connectivity index (χ4v) is 5.09. The van der Waals surface area contributed by atoms with Gasteiger partial charge in [-0.25, -0.2) is 9.52 Å². The monoisotopic (exact) mass is 466 g/mol. The van der Waals surface area contributed by atoms with Gasteiger partial charge < -0.3 is 19.5 Å². The van der Waals surface area contributed by atoms with Gasteiger partial charge in [-0.3, -0.25) is 4.98 Å². The number of carbonyl (C=O) groups is 1. The Balaban J connectivity index is 1.70. The summed E-state index contributed by atoms with van der Waals surface area (Å²) in [5.41, 5.74) is 1.91. The molecular weight excluding hydrogens is 436 g/mol. The maximum atomic E-state index is 11.8. The van der Waals surface area contributed by atoms with Crippen molar-refractivity contribution in [2.45, 2.75) is 26.2 Å². The second-order valence-corrected chi connectivity index (χ2v) is 9.31. The van der Waals surface area contributed by atoms with Gasteiger partial charge in [0.25, 0.3) is 0 Å². The zero-order valence-corrected chi connectivity index (χ0v) is 19.3. The van der Waals surface area contributed by atoms with Crippen LogP contribution in [0.3, 0.4) is 0 Å². The SMILES string of the molecule is CCC(CNS(=O)(=O)NC(=O)O)C1CCN(c2ccnc3cc(OC)c(OC)cc23)CC1. The predicted octanol–water partition coefficient (Wildman–Crippen LogP) is 2.60. The molecule has 1 aromatic carbocycles. The van der Waals surface area contributed by atoms with Gasteiger partial charge in [-0.1, -0.05) is 13.3 Å². The number of piperidine rings is 1. The zero-order chi connectivity index (χ0) is 23.3. The number of benzene rings is 1. The minimum atomic E-state index is -4.05. The molecule has 0 spiro atoms. The van der Waals surface area contributed by atoms with Crippen LogP contribution in [0, 0.1) is 11.8 Å². The van der Waals surface area contributed by atoms with E-state index in [4.69, 9.17) is 14.6 Å². The van der Waals surface area contributed by atoms with Crippen LogP contribution in [0.25, 0.3) is 10.9 Å². The van der Waals surface area contributed by atoms with Crippen molar-refractivity contribution in [3.8, 4) is 11.5 Å². The van der Waals surface area contributed by atoms with Crippen LogP contribution in [0.1, 0.15) is 26.2 Å². The highest BCUT2D eigenvalue weighted by atomic mass is 32.2. The molecular formula is C21H30N4O6S. The van der Waals surface area contributed by atoms with E-state index in [1.807, 2.05) is 25.1 Å². The summed E-state index contributed by atoms with van der Waals surface area (Å²) in [4.78, 5) is 17.4. The molecule has 1 saturated heterocycles. The average molecular weight is 467 g/mol. The Kier molecular flexibility index (Phi) is 7.62. The molecule has 1 aliphatic rings. The predicted molar refractivity (Wildman–Crippen MR) is 122 cm³/mol. The van der Waals surface area contributed by atoms with Gasteiger partial charge in [-0.15, -0.1) is 0 Å². The summed E-state index contributed by atoms with van der Waals surface area (Å²) >= 11 is 0. The number of hydrogen-bond donors (Lipinski definition) is 3. The summed E-state index contributed by atoms with van der Waals surface area (Å²) in [6, 6.07) is 5.81. The molecule has 3 N–H and O–H groups in total. The molecule has 1 aliphatic heterocycles. The maximum Gasteiger partial charge on any atom is 0.419 e. The fourth-order valence-electron chi connectivity index (χ4n) is 4.36. The van der Waals surface area contributed by atoms with Crippen LogP contribution < -0.4 is 23.8 Å². The lowest BCUT2D eigenvalue weighted by Crippen LogP contribution is -2.44. The Bertz CT molecular complexity index is 1050. The van der Waals surface area contributed by atoms with Crippen LogP contribution in [0.5, 0.6) is 11.5 Å². The molecule has 1 amide bonds. The van der Waals surface area contributed by atoms with E-state index in [1.165, 1.54) is 4.72 Å². The van der Waals surface area contributed by atoms with Gasteiger partial charge in [-0.2, -0.15) is 13.1 Å². The molecule has 32 heavy (non-hydrogen) atoms. The summed E-state index contributed by atoms with van der Waals surface area (Å²) in [6.45, 7) is 3.88. The van der Waals surface area contributed by atoms with Crippen LogP contribution in [0.4, 0.5) is 10.5 Å². The number of pyridine rings is 1. The summed E-state index contributed by atoms with van der Waals surface area (Å²) in [7, 11) is -0.849. The molecule has 2 heterocycles. The minimum Gasteiger partial charge on any atom is -0.493 e. The highest BCUT2D eigenvalue weighted by Crippen LogP contribution is 2.37. The van der Waals surface area contributed by atoms with Gasteiger partial charge in [0.2, 0.25) is 0 Å². The summed E-state index contributed by atoms with van der Waals surface area (Å²) < 4.78 is 38.3. The molecule has 0 radical (unpaired) electrons. The first-order chi connectivity index (χ1) is 15.3. The summed E-state index contributed by atoms with van der Waals surface area (Å²) in [6.07, 6.45) is 2.80. The number of amides is 1. The van der Waals surface area contributed by atoms with E-state index in [9.17, 15) is 13.2 Å². The van der Waals surface area contributed by atoms with E-state index in [-0.39, 0.29) is 12.5 Å². The molecule has 1 unspecified atom stereocenters. The van der Waals surface area contributed by atoms with Crippen molar-refractivity contribution >= 4 is 32.9 Å². The van der Waals surface area contributed by atoms with E-state index >= 15 is 0 Å². The lowest BCUT2D eigenvalue weighted by molar-refractivity contribution is 0.200. The Labute approximate surface area is 188 Å². The number of carboxylic acid groups (broad SMARTS) is 1. The summed E-state index contributed by atoms with van der Waals surface area (Å²) in [5.74, 6) is 1.75. The first kappa shape index (κ1) is 23.9. The highest BCUT2D eigenvalue weighted by Gasteiger charge is 2.28. The number of nitrogens with zero attached hydrogens (tertiary/aromatic N) is 2. The number of methoxy groups -OCH3 is 2. The van der Waals surface area contributed by atoms with Crippen molar-refractivity contribution in [2.24, 2.45) is 11.8 Å². The Hall–Kier alpha value is -2.79. The van der Waals surface area contributed by atoms with Gasteiger partial charge in [0.1, 0.15) is 0 Å². The Morgan fingerprint density at radius 1 is 1.25 bits per heavy atom. The Morgan fingerprint density at radius 3 is 2.50 bits per heavy atom. The molecule has 11 heteroatoms. The molecule has 0 saturated carbocycles. The van der Waals surface area contributed by atoms with Gasteiger partial charge in [0.05, 0.1) is 19.7 Å². The van der Waals surface area contributed by atoms with E-state index < -0.39 is 16.3 Å². The van der Waals surface area contributed by atoms with Crippen LogP contribution in [0.15, 0.2) is 24.4 Å². The quantitative estimate of drug-likeness (QED) is 0.514. The molecule has 2 aromatic rings. The number of ether oxygens (including phenoxy) is 2. The van der Waals surface area contributed by atoms with E-state index in [2.05, 4.69) is 14.6 Å². The van der Waals surface area contributed by atoms with Gasteiger partial charge in [0, 0.05) is 43.0 Å². The largest absolute Gasteiger partial charge is 0.493 e. The number of aromatic nitrogens is 1. The van der Waals surface area contributed by atoms with E-state index in [1.54, 1.807) is 20.4 Å². The minimum absolute atomic E-state index is 0.126. The van der Waals surface area contributed by atoms with Crippen molar-refractivity contribution in [3.63, 3.8) is 0 Å². The number of fused-ring (bicyclic) bond motifs is 1. The van der Waals surface area contributed by atoms with Crippen LogP contribution in [-0.4, -0.2) is 58.5 Å². The van der Waals surface area contributed by atoms with Gasteiger partial charge >= 0.3 is 16.3 Å². The molecule has 1 atom stereocenters. The van der Waals surface area contributed by atoms with Crippen molar-refractivity contribution in [3.05, 3.63) is 24.4 Å². The third-order valence-electron chi connectivity index (χ3n) is 6.05. The number of hydrogen-bond acceptors (Lipinski definition) is 7. The van der Waals surface area contributed by atoms with E-state index in [0.29, 0.717) is 17.4 Å².